The van der Waals surface area contributed by atoms with E-state index in [1.807, 2.05) is 29.8 Å². The van der Waals surface area contributed by atoms with Crippen LogP contribution in [0, 0.1) is 0 Å². The van der Waals surface area contributed by atoms with Gasteiger partial charge < -0.3 is 19.9 Å². The number of imidazole rings is 1. The molecule has 1 fully saturated rings. The number of fused-ring (bicyclic) bond motifs is 1. The number of aromatic nitrogens is 3. The summed E-state index contributed by atoms with van der Waals surface area (Å²) in [5, 5.41) is 5.74. The molecule has 0 saturated carbocycles. The van der Waals surface area contributed by atoms with Crippen molar-refractivity contribution in [3.8, 4) is 0 Å². The van der Waals surface area contributed by atoms with Crippen LogP contribution >= 0.6 is 0 Å². The lowest BCUT2D eigenvalue weighted by Gasteiger charge is -2.10. The number of hydrogen-bond acceptors (Lipinski definition) is 5. The van der Waals surface area contributed by atoms with Gasteiger partial charge in [-0.25, -0.2) is 4.98 Å². The van der Waals surface area contributed by atoms with Crippen molar-refractivity contribution in [2.75, 3.05) is 11.9 Å². The average Bonchev–Trinajstić information content (AvgIpc) is 3.35. The number of nitrogens with zero attached hydrogens (tertiary/aromatic N) is 3. The molecule has 0 spiro atoms. The lowest BCUT2D eigenvalue weighted by Crippen LogP contribution is -2.34. The molecule has 1 aliphatic rings. The first-order valence-electron chi connectivity index (χ1n) is 9.18. The molecule has 0 bridgehead atoms. The topological polar surface area (TPSA) is 98.1 Å². The Kier molecular flexibility index (Phi) is 5.03. The third-order valence-corrected chi connectivity index (χ3v) is 4.80. The number of nitrogens with one attached hydrogen (secondary N) is 2. The Morgan fingerprint density at radius 2 is 2.21 bits per heavy atom. The van der Waals surface area contributed by atoms with E-state index in [1.165, 1.54) is 6.20 Å². The maximum Gasteiger partial charge on any atom is 0.257 e. The van der Waals surface area contributed by atoms with Crippen LogP contribution in [0.1, 0.15) is 29.0 Å². The molecule has 1 saturated heterocycles. The molecule has 2 N–H and O–H groups in total. The molecule has 8 nitrogen and oxygen atoms in total. The van der Waals surface area contributed by atoms with E-state index in [-0.39, 0.29) is 17.9 Å². The van der Waals surface area contributed by atoms with E-state index in [0.717, 1.165) is 29.7 Å². The standard InChI is InChI=1S/C20H21N5O3/c1-25-16-7-6-14(23-19(26)13-4-2-8-21-11-13)10-15(16)24-18(25)12-22-20(27)17-5-3-9-28-17/h2,4,6-8,10-11,17H,3,5,9,12H2,1H3,(H,22,27)(H,23,26)/t17-/m1/s1. The minimum absolute atomic E-state index is 0.103. The fourth-order valence-corrected chi connectivity index (χ4v) is 3.25. The highest BCUT2D eigenvalue weighted by molar-refractivity contribution is 6.04. The Balaban J connectivity index is 1.47. The molecule has 3 heterocycles. The number of hydrogen-bond donors (Lipinski definition) is 2. The molecule has 2 aromatic heterocycles. The van der Waals surface area contributed by atoms with Crippen LogP contribution in [0.4, 0.5) is 5.69 Å². The highest BCUT2D eigenvalue weighted by atomic mass is 16.5. The van der Waals surface area contributed by atoms with Gasteiger partial charge in [-0.2, -0.15) is 0 Å². The first kappa shape index (κ1) is 18.1. The van der Waals surface area contributed by atoms with Crippen LogP contribution in [0.25, 0.3) is 11.0 Å². The molecule has 4 rings (SSSR count). The first-order valence-corrected chi connectivity index (χ1v) is 9.18. The van der Waals surface area contributed by atoms with Gasteiger partial charge in [-0.15, -0.1) is 0 Å². The molecule has 1 atom stereocenters. The summed E-state index contributed by atoms with van der Waals surface area (Å²) in [5.74, 6) is 0.401. The van der Waals surface area contributed by atoms with Crippen LogP contribution < -0.4 is 10.6 Å². The van der Waals surface area contributed by atoms with Gasteiger partial charge >= 0.3 is 0 Å². The average molecular weight is 379 g/mol. The Hall–Kier alpha value is -3.26. The lowest BCUT2D eigenvalue weighted by atomic mass is 10.2. The number of rotatable bonds is 5. The third kappa shape index (κ3) is 3.72. The number of anilines is 1. The number of carbonyl (C=O) groups is 2. The summed E-state index contributed by atoms with van der Waals surface area (Å²) in [7, 11) is 1.90. The molecule has 144 valence electrons. The van der Waals surface area contributed by atoms with Crippen molar-refractivity contribution in [3.63, 3.8) is 0 Å². The first-order chi connectivity index (χ1) is 13.6. The highest BCUT2D eigenvalue weighted by Crippen LogP contribution is 2.20. The Labute approximate surface area is 161 Å². The van der Waals surface area contributed by atoms with Crippen molar-refractivity contribution in [1.82, 2.24) is 19.9 Å². The minimum atomic E-state index is -0.357. The molecule has 1 aromatic carbocycles. The molecule has 0 radical (unpaired) electrons. The van der Waals surface area contributed by atoms with Gasteiger partial charge in [0.1, 0.15) is 11.9 Å². The van der Waals surface area contributed by atoms with Gasteiger partial charge in [-0.1, -0.05) is 0 Å². The van der Waals surface area contributed by atoms with Crippen LogP contribution in [-0.2, 0) is 23.1 Å². The maximum absolute atomic E-state index is 12.3. The summed E-state index contributed by atoms with van der Waals surface area (Å²) in [6, 6.07) is 8.96. The Morgan fingerprint density at radius 3 is 2.96 bits per heavy atom. The predicted molar refractivity (Wildman–Crippen MR) is 104 cm³/mol. The van der Waals surface area contributed by atoms with Gasteiger partial charge in [0, 0.05) is 31.7 Å². The van der Waals surface area contributed by atoms with E-state index in [9.17, 15) is 9.59 Å². The van der Waals surface area contributed by atoms with Gasteiger partial charge in [-0.05, 0) is 43.2 Å². The van der Waals surface area contributed by atoms with E-state index >= 15 is 0 Å². The zero-order chi connectivity index (χ0) is 19.5. The second kappa shape index (κ2) is 7.77. The van der Waals surface area contributed by atoms with Crippen molar-refractivity contribution in [3.05, 3.63) is 54.1 Å². The van der Waals surface area contributed by atoms with E-state index in [2.05, 4.69) is 20.6 Å². The van der Waals surface area contributed by atoms with E-state index in [1.54, 1.807) is 18.3 Å². The van der Waals surface area contributed by atoms with Crippen molar-refractivity contribution < 1.29 is 14.3 Å². The predicted octanol–water partition coefficient (Wildman–Crippen LogP) is 2.02. The van der Waals surface area contributed by atoms with Crippen molar-refractivity contribution in [2.45, 2.75) is 25.5 Å². The molecular weight excluding hydrogens is 358 g/mol. The number of benzene rings is 1. The van der Waals surface area contributed by atoms with Crippen LogP contribution in [0.15, 0.2) is 42.7 Å². The largest absolute Gasteiger partial charge is 0.368 e. The van der Waals surface area contributed by atoms with Gasteiger partial charge in [0.25, 0.3) is 5.91 Å². The fourth-order valence-electron chi connectivity index (χ4n) is 3.25. The van der Waals surface area contributed by atoms with Gasteiger partial charge in [-0.3, -0.25) is 14.6 Å². The number of ether oxygens (including phenoxy) is 1. The van der Waals surface area contributed by atoms with Crippen LogP contribution in [0.5, 0.6) is 0 Å². The summed E-state index contributed by atoms with van der Waals surface area (Å²) in [4.78, 5) is 33.0. The summed E-state index contributed by atoms with van der Waals surface area (Å²) < 4.78 is 7.33. The van der Waals surface area contributed by atoms with Gasteiger partial charge in [0.15, 0.2) is 0 Å². The second-order valence-electron chi connectivity index (χ2n) is 6.71. The molecular formula is C20H21N5O3. The number of amides is 2. The van der Waals surface area contributed by atoms with E-state index in [4.69, 9.17) is 4.74 Å². The molecule has 2 amide bonds. The van der Waals surface area contributed by atoms with Gasteiger partial charge in [0.05, 0.1) is 23.1 Å². The molecule has 8 heteroatoms. The molecule has 0 unspecified atom stereocenters. The molecule has 1 aliphatic heterocycles. The lowest BCUT2D eigenvalue weighted by molar-refractivity contribution is -0.130. The summed E-state index contributed by atoms with van der Waals surface area (Å²) in [6.45, 7) is 0.958. The summed E-state index contributed by atoms with van der Waals surface area (Å²) in [6.07, 6.45) is 4.45. The number of pyridine rings is 1. The van der Waals surface area contributed by atoms with Crippen molar-refractivity contribution in [1.29, 1.82) is 0 Å². The normalized spacial score (nSPS) is 16.2. The van der Waals surface area contributed by atoms with Crippen LogP contribution in [-0.4, -0.2) is 39.1 Å². The zero-order valence-corrected chi connectivity index (χ0v) is 15.5. The number of carbonyl (C=O) groups excluding carboxylic acids is 2. The van der Waals surface area contributed by atoms with E-state index in [0.29, 0.717) is 24.4 Å². The monoisotopic (exact) mass is 379 g/mol. The molecule has 3 aromatic rings. The highest BCUT2D eigenvalue weighted by Gasteiger charge is 2.23. The minimum Gasteiger partial charge on any atom is -0.368 e. The SMILES string of the molecule is Cn1c(CNC(=O)[C@H]2CCCO2)nc2cc(NC(=O)c3cccnc3)ccc21. The smallest absolute Gasteiger partial charge is 0.257 e. The zero-order valence-electron chi connectivity index (χ0n) is 15.5. The van der Waals surface area contributed by atoms with Crippen molar-refractivity contribution in [2.24, 2.45) is 7.05 Å². The summed E-state index contributed by atoms with van der Waals surface area (Å²) >= 11 is 0. The maximum atomic E-state index is 12.3. The Morgan fingerprint density at radius 1 is 1.32 bits per heavy atom. The van der Waals surface area contributed by atoms with Crippen LogP contribution in [0.2, 0.25) is 0 Å². The molecule has 28 heavy (non-hydrogen) atoms. The van der Waals surface area contributed by atoms with Crippen LogP contribution in [0.3, 0.4) is 0 Å². The third-order valence-electron chi connectivity index (χ3n) is 4.80. The Bertz CT molecular complexity index is 1010. The fraction of sp³-hybridized carbons (Fsp3) is 0.300. The quantitative estimate of drug-likeness (QED) is 0.707. The summed E-state index contributed by atoms with van der Waals surface area (Å²) in [5.41, 5.74) is 2.80. The second-order valence-corrected chi connectivity index (χ2v) is 6.71. The van der Waals surface area contributed by atoms with E-state index < -0.39 is 0 Å². The van der Waals surface area contributed by atoms with Crippen molar-refractivity contribution >= 4 is 28.5 Å². The molecule has 0 aliphatic carbocycles. The van der Waals surface area contributed by atoms with Gasteiger partial charge in [0.2, 0.25) is 5.91 Å². The number of aryl methyl sites for hydroxylation is 1.